The number of nitrogens with zero attached hydrogens (tertiary/aromatic N) is 1. The van der Waals surface area contributed by atoms with Crippen LogP contribution in [0.5, 0.6) is 0 Å². The fourth-order valence-corrected chi connectivity index (χ4v) is 5.29. The van der Waals surface area contributed by atoms with Gasteiger partial charge in [-0.05, 0) is 57.1 Å². The van der Waals surface area contributed by atoms with Gasteiger partial charge in [0.25, 0.3) is 0 Å². The van der Waals surface area contributed by atoms with Crippen molar-refractivity contribution in [1.29, 1.82) is 0 Å². The molecule has 1 aliphatic carbocycles. The molecule has 3 rings (SSSR count). The van der Waals surface area contributed by atoms with Gasteiger partial charge in [0.2, 0.25) is 15.9 Å². The van der Waals surface area contributed by atoms with Crippen molar-refractivity contribution in [3.05, 3.63) is 29.8 Å². The van der Waals surface area contributed by atoms with Crippen LogP contribution in [0, 0.1) is 18.8 Å². The summed E-state index contributed by atoms with van der Waals surface area (Å²) in [4.78, 5) is 15.0. The van der Waals surface area contributed by atoms with Crippen LogP contribution in [0.4, 0.5) is 0 Å². The van der Waals surface area contributed by atoms with E-state index < -0.39 is 10.0 Å². The third-order valence-corrected chi connectivity index (χ3v) is 7.23. The number of piperidine rings is 1. The smallest absolute Gasteiger partial charge is 0.240 e. The Bertz CT molecular complexity index is 754. The fraction of sp³-hybridized carbons (Fsp3) is 0.650. The van der Waals surface area contributed by atoms with E-state index in [0.717, 1.165) is 50.6 Å². The number of aryl methyl sites for hydroxylation is 1. The van der Waals surface area contributed by atoms with Crippen molar-refractivity contribution >= 4 is 28.3 Å². The number of nitrogens with two attached hydrogens (primary N) is 1. The van der Waals surface area contributed by atoms with E-state index in [-0.39, 0.29) is 41.1 Å². The topological polar surface area (TPSA) is 92.5 Å². The van der Waals surface area contributed by atoms with Crippen molar-refractivity contribution in [3.8, 4) is 0 Å². The van der Waals surface area contributed by atoms with Gasteiger partial charge in [0.1, 0.15) is 0 Å². The highest BCUT2D eigenvalue weighted by Crippen LogP contribution is 2.27. The normalized spacial score (nSPS) is 25.8. The number of sulfonamides is 1. The second-order valence-corrected chi connectivity index (χ2v) is 9.85. The van der Waals surface area contributed by atoms with Crippen LogP contribution in [-0.4, -0.2) is 44.9 Å². The molecule has 3 atom stereocenters. The summed E-state index contributed by atoms with van der Waals surface area (Å²) in [6.45, 7) is 3.69. The van der Waals surface area contributed by atoms with E-state index in [0.29, 0.717) is 13.1 Å². The maximum Gasteiger partial charge on any atom is 0.240 e. The second kappa shape index (κ2) is 10.1. The maximum atomic E-state index is 12.8. The predicted octanol–water partition coefficient (Wildman–Crippen LogP) is 2.45. The van der Waals surface area contributed by atoms with E-state index >= 15 is 0 Å². The lowest BCUT2D eigenvalue weighted by Crippen LogP contribution is -2.47. The molecule has 8 heteroatoms. The molecule has 0 bridgehead atoms. The van der Waals surface area contributed by atoms with Gasteiger partial charge in [0.05, 0.1) is 4.90 Å². The molecule has 158 valence electrons. The van der Waals surface area contributed by atoms with Crippen molar-refractivity contribution in [2.24, 2.45) is 17.6 Å². The molecule has 1 heterocycles. The minimum Gasteiger partial charge on any atom is -0.342 e. The van der Waals surface area contributed by atoms with Gasteiger partial charge in [-0.1, -0.05) is 24.1 Å². The predicted molar refractivity (Wildman–Crippen MR) is 113 cm³/mol. The Labute approximate surface area is 174 Å². The van der Waals surface area contributed by atoms with E-state index in [4.69, 9.17) is 5.73 Å². The van der Waals surface area contributed by atoms with Gasteiger partial charge < -0.3 is 10.6 Å². The molecule has 2 aliphatic rings. The average molecular weight is 430 g/mol. The number of likely N-dealkylation sites (tertiary alicyclic amines) is 1. The molecule has 1 aromatic carbocycles. The summed E-state index contributed by atoms with van der Waals surface area (Å²) < 4.78 is 27.7. The molecule has 3 unspecified atom stereocenters. The van der Waals surface area contributed by atoms with Crippen LogP contribution in [0.3, 0.4) is 0 Å². The Morgan fingerprint density at radius 2 is 1.89 bits per heavy atom. The van der Waals surface area contributed by atoms with Crippen LogP contribution in [-0.2, 0) is 14.8 Å². The Morgan fingerprint density at radius 1 is 1.18 bits per heavy atom. The largest absolute Gasteiger partial charge is 0.342 e. The molecule has 1 saturated heterocycles. The zero-order valence-electron chi connectivity index (χ0n) is 16.5. The summed E-state index contributed by atoms with van der Waals surface area (Å²) in [7, 11) is -3.51. The molecule has 0 radical (unpaired) electrons. The third-order valence-electron chi connectivity index (χ3n) is 5.79. The number of carbonyl (C=O) groups is 1. The van der Waals surface area contributed by atoms with Gasteiger partial charge in [-0.2, -0.15) is 0 Å². The van der Waals surface area contributed by atoms with Gasteiger partial charge in [0, 0.05) is 31.6 Å². The quantitative estimate of drug-likeness (QED) is 0.751. The Morgan fingerprint density at radius 3 is 2.57 bits per heavy atom. The molecule has 0 spiro atoms. The van der Waals surface area contributed by atoms with E-state index in [9.17, 15) is 13.2 Å². The van der Waals surface area contributed by atoms with Crippen molar-refractivity contribution < 1.29 is 13.2 Å². The van der Waals surface area contributed by atoms with E-state index in [2.05, 4.69) is 4.72 Å². The van der Waals surface area contributed by atoms with E-state index in [1.807, 2.05) is 11.8 Å². The first-order valence-electron chi connectivity index (χ1n) is 9.96. The summed E-state index contributed by atoms with van der Waals surface area (Å²) in [6, 6.07) is 6.98. The Kier molecular flexibility index (Phi) is 8.30. The van der Waals surface area contributed by atoms with Gasteiger partial charge in [-0.25, -0.2) is 13.1 Å². The summed E-state index contributed by atoms with van der Waals surface area (Å²) in [6.07, 6.45) is 5.58. The van der Waals surface area contributed by atoms with Crippen LogP contribution in [0.1, 0.15) is 44.1 Å². The maximum absolute atomic E-state index is 12.8. The number of halogens is 1. The first kappa shape index (κ1) is 23.1. The number of amides is 1. The molecule has 1 saturated carbocycles. The van der Waals surface area contributed by atoms with Gasteiger partial charge in [-0.3, -0.25) is 4.79 Å². The standard InChI is InChI=1S/C20H31N3O3S.ClH/c1-15-7-9-19(10-8-15)27(25,26)22-13-16-4-3-11-23(14-16)20(24)17-5-2-6-18(21)12-17;/h7-10,16-18,22H,2-6,11-14,21H2,1H3;1H. The van der Waals surface area contributed by atoms with Crippen molar-refractivity contribution in [3.63, 3.8) is 0 Å². The van der Waals surface area contributed by atoms with E-state index in [1.54, 1.807) is 24.3 Å². The highest BCUT2D eigenvalue weighted by molar-refractivity contribution is 7.89. The third kappa shape index (κ3) is 5.92. The highest BCUT2D eigenvalue weighted by atomic mass is 35.5. The monoisotopic (exact) mass is 429 g/mol. The number of hydrogen-bond acceptors (Lipinski definition) is 4. The number of nitrogens with one attached hydrogen (secondary N) is 1. The number of hydrogen-bond donors (Lipinski definition) is 2. The van der Waals surface area contributed by atoms with Crippen molar-refractivity contribution in [2.45, 2.75) is 56.4 Å². The lowest BCUT2D eigenvalue weighted by Gasteiger charge is -2.36. The SMILES string of the molecule is Cc1ccc(S(=O)(=O)NCC2CCCN(C(=O)C3CCCC(N)C3)C2)cc1.Cl. The molecule has 1 aromatic rings. The lowest BCUT2D eigenvalue weighted by atomic mass is 9.84. The summed E-state index contributed by atoms with van der Waals surface area (Å²) >= 11 is 0. The summed E-state index contributed by atoms with van der Waals surface area (Å²) in [5.41, 5.74) is 7.06. The van der Waals surface area contributed by atoms with Crippen LogP contribution < -0.4 is 10.5 Å². The van der Waals surface area contributed by atoms with E-state index in [1.165, 1.54) is 0 Å². The number of benzene rings is 1. The van der Waals surface area contributed by atoms with Crippen molar-refractivity contribution in [1.82, 2.24) is 9.62 Å². The van der Waals surface area contributed by atoms with Crippen LogP contribution in [0.2, 0.25) is 0 Å². The number of carbonyl (C=O) groups excluding carboxylic acids is 1. The molecule has 1 aliphatic heterocycles. The van der Waals surface area contributed by atoms with Gasteiger partial charge in [0.15, 0.2) is 0 Å². The molecule has 0 aromatic heterocycles. The first-order chi connectivity index (χ1) is 12.8. The highest BCUT2D eigenvalue weighted by Gasteiger charge is 2.32. The van der Waals surface area contributed by atoms with Crippen LogP contribution >= 0.6 is 12.4 Å². The molecule has 2 fully saturated rings. The van der Waals surface area contributed by atoms with Crippen molar-refractivity contribution in [2.75, 3.05) is 19.6 Å². The Hall–Kier alpha value is -1.15. The number of rotatable bonds is 5. The van der Waals surface area contributed by atoms with Crippen LogP contribution in [0.15, 0.2) is 29.2 Å². The fourth-order valence-electron chi connectivity index (χ4n) is 4.17. The lowest BCUT2D eigenvalue weighted by molar-refractivity contribution is -0.138. The zero-order valence-corrected chi connectivity index (χ0v) is 18.1. The van der Waals surface area contributed by atoms with Crippen LogP contribution in [0.25, 0.3) is 0 Å². The first-order valence-corrected chi connectivity index (χ1v) is 11.4. The zero-order chi connectivity index (χ0) is 19.4. The second-order valence-electron chi connectivity index (χ2n) is 8.08. The average Bonchev–Trinajstić information content (AvgIpc) is 2.66. The summed E-state index contributed by atoms with van der Waals surface area (Å²) in [5.74, 6) is 0.396. The molecule has 6 nitrogen and oxygen atoms in total. The minimum atomic E-state index is -3.51. The van der Waals surface area contributed by atoms with Gasteiger partial charge >= 0.3 is 0 Å². The van der Waals surface area contributed by atoms with Gasteiger partial charge in [-0.15, -0.1) is 12.4 Å². The summed E-state index contributed by atoms with van der Waals surface area (Å²) in [5, 5.41) is 0. The Balaban J connectivity index is 0.00000280. The minimum absolute atomic E-state index is 0. The molecule has 3 N–H and O–H groups in total. The molecule has 1 amide bonds. The molecular formula is C20H32ClN3O3S. The molecular weight excluding hydrogens is 398 g/mol. The molecule has 28 heavy (non-hydrogen) atoms.